The van der Waals surface area contributed by atoms with Crippen molar-refractivity contribution in [1.82, 2.24) is 10.2 Å². The van der Waals surface area contributed by atoms with Crippen LogP contribution in [0.3, 0.4) is 0 Å². The highest BCUT2D eigenvalue weighted by atomic mass is 15.1. The largest absolute Gasteiger partial charge is 0.581 e. The molecule has 0 spiro atoms. The Kier molecular flexibility index (Phi) is 1.39. The fourth-order valence-electron chi connectivity index (χ4n) is 1.10. The lowest BCUT2D eigenvalue weighted by Crippen LogP contribution is -1.78. The summed E-state index contributed by atoms with van der Waals surface area (Å²) in [5.41, 5.74) is 2.09. The van der Waals surface area contributed by atoms with Gasteiger partial charge in [-0.2, -0.15) is 6.20 Å². The molecular weight excluding hydrogens is 136 g/mol. The van der Waals surface area contributed by atoms with Gasteiger partial charge in [0, 0.05) is 5.69 Å². The van der Waals surface area contributed by atoms with Gasteiger partial charge in [0.05, 0.1) is 0 Å². The zero-order valence-corrected chi connectivity index (χ0v) is 6.36. The molecule has 0 N–H and O–H groups in total. The van der Waals surface area contributed by atoms with Crippen molar-refractivity contribution in [3.05, 3.63) is 29.6 Å². The Morgan fingerprint density at radius 1 is 1.36 bits per heavy atom. The molecule has 11 heavy (non-hydrogen) atoms. The van der Waals surface area contributed by atoms with Crippen LogP contribution in [-0.2, 0) is 0 Å². The molecule has 1 aromatic rings. The molecule has 0 amide bonds. The second-order valence-electron chi connectivity index (χ2n) is 2.76. The molecule has 0 fully saturated rings. The molecule has 0 radical (unpaired) electrons. The zero-order chi connectivity index (χ0) is 7.68. The highest BCUT2D eigenvalue weighted by Gasteiger charge is 1.98. The Bertz CT molecular complexity index is 279. The van der Waals surface area contributed by atoms with Crippen LogP contribution in [0, 0.1) is 5.92 Å². The molecule has 0 saturated heterocycles. The van der Waals surface area contributed by atoms with Crippen molar-refractivity contribution in [2.75, 3.05) is 0 Å². The van der Waals surface area contributed by atoms with Crippen LogP contribution in [0.15, 0.2) is 18.3 Å². The summed E-state index contributed by atoms with van der Waals surface area (Å²) in [6.45, 7) is 2.15. The number of allylic oxidation sites excluding steroid dienone is 2. The fraction of sp³-hybridized carbons (Fsp3) is 0.222. The topological polar surface area (TPSA) is 27.0 Å². The van der Waals surface area contributed by atoms with Crippen LogP contribution in [0.2, 0.25) is 0 Å². The van der Waals surface area contributed by atoms with Gasteiger partial charge >= 0.3 is 0 Å². The highest BCUT2D eigenvalue weighted by molar-refractivity contribution is 5.64. The average Bonchev–Trinajstić information content (AvgIpc) is 2.38. The van der Waals surface area contributed by atoms with Crippen molar-refractivity contribution < 1.29 is 0 Å². The number of rotatable bonds is 0. The number of fused-ring (bicyclic) bond motifs is 1. The van der Waals surface area contributed by atoms with E-state index < -0.39 is 0 Å². The van der Waals surface area contributed by atoms with E-state index in [1.807, 2.05) is 6.08 Å². The van der Waals surface area contributed by atoms with Crippen LogP contribution in [0.5, 0.6) is 0 Å². The predicted octanol–water partition coefficient (Wildman–Crippen LogP) is 1.71. The van der Waals surface area contributed by atoms with Gasteiger partial charge in [-0.3, -0.25) is 0 Å². The van der Waals surface area contributed by atoms with Crippen molar-refractivity contribution >= 4 is 12.2 Å². The summed E-state index contributed by atoms with van der Waals surface area (Å²) in [6.07, 6.45) is 10.1. The molecule has 1 atom stereocenters. The Morgan fingerprint density at radius 3 is 3.09 bits per heavy atom. The third kappa shape index (κ3) is 1.11. The molecule has 2 rings (SSSR count). The van der Waals surface area contributed by atoms with Crippen molar-refractivity contribution in [3.63, 3.8) is 0 Å². The van der Waals surface area contributed by atoms with E-state index >= 15 is 0 Å². The summed E-state index contributed by atoms with van der Waals surface area (Å²) in [4.78, 5) is 0. The van der Waals surface area contributed by atoms with Crippen LogP contribution in [0.25, 0.3) is 12.2 Å². The first-order valence-corrected chi connectivity index (χ1v) is 3.71. The normalized spacial score (nSPS) is 21.4. The monoisotopic (exact) mass is 145 g/mol. The lowest BCUT2D eigenvalue weighted by molar-refractivity contribution is 0.951. The molecule has 2 nitrogen and oxygen atoms in total. The minimum atomic E-state index is 0.504. The van der Waals surface area contributed by atoms with E-state index in [-0.39, 0.29) is 0 Å². The lowest BCUT2D eigenvalue weighted by atomic mass is 10.2. The molecule has 1 aromatic heterocycles. The third-order valence-corrected chi connectivity index (χ3v) is 1.80. The van der Waals surface area contributed by atoms with Crippen molar-refractivity contribution in [1.29, 1.82) is 0 Å². The van der Waals surface area contributed by atoms with E-state index in [9.17, 15) is 0 Å². The second kappa shape index (κ2) is 2.38. The summed E-state index contributed by atoms with van der Waals surface area (Å²) in [5.74, 6) is 0.504. The molecule has 1 aliphatic rings. The van der Waals surface area contributed by atoms with E-state index in [4.69, 9.17) is 0 Å². The maximum absolute atomic E-state index is 3.96. The summed E-state index contributed by atoms with van der Waals surface area (Å²) < 4.78 is 0. The molecule has 1 unspecified atom stereocenters. The number of hydrogen-bond acceptors (Lipinski definition) is 1. The quantitative estimate of drug-likeness (QED) is 0.555. The first-order valence-electron chi connectivity index (χ1n) is 3.71. The van der Waals surface area contributed by atoms with Gasteiger partial charge in [-0.15, -0.1) is 0 Å². The van der Waals surface area contributed by atoms with Crippen molar-refractivity contribution in [3.8, 4) is 0 Å². The minimum Gasteiger partial charge on any atom is -0.581 e. The van der Waals surface area contributed by atoms with Gasteiger partial charge in [0.25, 0.3) is 0 Å². The van der Waals surface area contributed by atoms with Gasteiger partial charge < -0.3 is 10.2 Å². The van der Waals surface area contributed by atoms with Gasteiger partial charge in [0.2, 0.25) is 0 Å². The van der Waals surface area contributed by atoms with Crippen LogP contribution in [-0.4, -0.2) is 5.10 Å². The Balaban J connectivity index is 2.48. The molecular formula is C9H9N2-. The van der Waals surface area contributed by atoms with Crippen LogP contribution in [0.4, 0.5) is 0 Å². The summed E-state index contributed by atoms with van der Waals surface area (Å²) in [5, 5.41) is 7.78. The molecule has 1 aliphatic carbocycles. The van der Waals surface area contributed by atoms with E-state index in [1.54, 1.807) is 6.20 Å². The van der Waals surface area contributed by atoms with E-state index in [2.05, 4.69) is 35.3 Å². The maximum Gasteiger partial charge on any atom is 0.0463 e. The first kappa shape index (κ1) is 6.40. The van der Waals surface area contributed by atoms with Crippen LogP contribution >= 0.6 is 0 Å². The molecule has 1 heterocycles. The average molecular weight is 145 g/mol. The molecule has 0 aromatic carbocycles. The Hall–Kier alpha value is -1.31. The lowest BCUT2D eigenvalue weighted by Gasteiger charge is -1.92. The first-order chi connectivity index (χ1) is 5.36. The van der Waals surface area contributed by atoms with E-state index in [1.165, 1.54) is 0 Å². The van der Waals surface area contributed by atoms with Gasteiger partial charge in [-0.1, -0.05) is 25.2 Å². The molecule has 0 saturated carbocycles. The van der Waals surface area contributed by atoms with Gasteiger partial charge in [0.15, 0.2) is 0 Å². The second-order valence-corrected chi connectivity index (χ2v) is 2.76. The fourth-order valence-corrected chi connectivity index (χ4v) is 1.10. The van der Waals surface area contributed by atoms with E-state index in [0.717, 1.165) is 11.3 Å². The van der Waals surface area contributed by atoms with Gasteiger partial charge in [0.1, 0.15) is 0 Å². The van der Waals surface area contributed by atoms with Gasteiger partial charge in [-0.05, 0) is 17.6 Å². The summed E-state index contributed by atoms with van der Waals surface area (Å²) >= 11 is 0. The number of hydrogen-bond donors (Lipinski definition) is 0. The Morgan fingerprint density at radius 2 is 2.18 bits per heavy atom. The van der Waals surface area contributed by atoms with E-state index in [0.29, 0.717) is 5.92 Å². The smallest absolute Gasteiger partial charge is 0.0463 e. The summed E-state index contributed by atoms with van der Waals surface area (Å²) in [6, 6.07) is 0. The maximum atomic E-state index is 3.96. The number of aromatic nitrogens is 2. The zero-order valence-electron chi connectivity index (χ0n) is 6.36. The highest BCUT2D eigenvalue weighted by Crippen LogP contribution is 2.16. The predicted molar refractivity (Wildman–Crippen MR) is 44.8 cm³/mol. The Labute approximate surface area is 65.6 Å². The molecule has 0 aliphatic heterocycles. The van der Waals surface area contributed by atoms with Crippen LogP contribution in [0.1, 0.15) is 18.2 Å². The van der Waals surface area contributed by atoms with Crippen molar-refractivity contribution in [2.45, 2.75) is 6.92 Å². The minimum absolute atomic E-state index is 0.504. The van der Waals surface area contributed by atoms with Crippen molar-refractivity contribution in [2.24, 2.45) is 5.92 Å². The third-order valence-electron chi connectivity index (χ3n) is 1.80. The molecule has 2 heteroatoms. The molecule has 56 valence electrons. The number of nitrogens with zero attached hydrogens (tertiary/aromatic N) is 2. The van der Waals surface area contributed by atoms with Gasteiger partial charge in [-0.25, -0.2) is 0 Å². The standard InChI is InChI=1S/C9H9N2/c1-7-2-4-8-6-10-11-9(8)5-3-7/h2-7H,1H3/q-1. The molecule has 0 bridgehead atoms. The summed E-state index contributed by atoms with van der Waals surface area (Å²) in [7, 11) is 0. The SMILES string of the molecule is CC1C=Cc2c[n-]nc2C=C1. The van der Waals surface area contributed by atoms with Crippen LogP contribution < -0.4 is 5.10 Å².